The molecule has 1 amide bonds. The zero-order valence-electron chi connectivity index (χ0n) is 12.5. The van der Waals surface area contributed by atoms with E-state index < -0.39 is 23.9 Å². The van der Waals surface area contributed by atoms with E-state index >= 15 is 0 Å². The average Bonchev–Trinajstić information content (AvgIpc) is 2.50. The van der Waals surface area contributed by atoms with Gasteiger partial charge < -0.3 is 14.8 Å². The maximum atomic E-state index is 12.2. The van der Waals surface area contributed by atoms with Gasteiger partial charge in [0.2, 0.25) is 0 Å². The smallest absolute Gasteiger partial charge is 0.337 e. The first-order valence-corrected chi connectivity index (χ1v) is 6.47. The summed E-state index contributed by atoms with van der Waals surface area (Å²) >= 11 is 0. The minimum absolute atomic E-state index is 0.120. The minimum atomic E-state index is -0.746. The molecule has 0 spiro atoms. The molecular formula is C15H19NO5. The third-order valence-electron chi connectivity index (χ3n) is 2.95. The highest BCUT2D eigenvalue weighted by Gasteiger charge is 2.25. The molecule has 0 aliphatic rings. The number of carbonyl (C=O) groups excluding carboxylic acids is 3. The van der Waals surface area contributed by atoms with Crippen LogP contribution >= 0.6 is 0 Å². The standard InChI is InChI=1S/C15H19NO5/c1-9(2)12(15(19)21-4)16-13(17)10-6-5-7-11(8-10)14(18)20-3/h5-9,12H,1-4H3,(H,16,17)/t12-/m1/s1. The predicted octanol–water partition coefficient (Wildman–Crippen LogP) is 1.40. The lowest BCUT2D eigenvalue weighted by Crippen LogP contribution is -2.45. The monoisotopic (exact) mass is 293 g/mol. The van der Waals surface area contributed by atoms with Crippen LogP contribution in [0.25, 0.3) is 0 Å². The molecule has 21 heavy (non-hydrogen) atoms. The van der Waals surface area contributed by atoms with Crippen molar-refractivity contribution in [2.75, 3.05) is 14.2 Å². The van der Waals surface area contributed by atoms with Gasteiger partial charge >= 0.3 is 11.9 Å². The summed E-state index contributed by atoms with van der Waals surface area (Å²) in [5, 5.41) is 2.60. The summed E-state index contributed by atoms with van der Waals surface area (Å²) in [6, 6.07) is 5.34. The summed E-state index contributed by atoms with van der Waals surface area (Å²) in [6.07, 6.45) is 0. The van der Waals surface area contributed by atoms with E-state index in [0.29, 0.717) is 0 Å². The van der Waals surface area contributed by atoms with Gasteiger partial charge in [-0.05, 0) is 24.1 Å². The third kappa shape index (κ3) is 4.30. The summed E-state index contributed by atoms with van der Waals surface area (Å²) in [5.74, 6) is -1.62. The van der Waals surface area contributed by atoms with Gasteiger partial charge in [0.15, 0.2) is 0 Å². The maximum Gasteiger partial charge on any atom is 0.337 e. The fourth-order valence-electron chi connectivity index (χ4n) is 1.75. The van der Waals surface area contributed by atoms with Crippen LogP contribution in [0, 0.1) is 5.92 Å². The van der Waals surface area contributed by atoms with Crippen LogP contribution in [-0.4, -0.2) is 38.1 Å². The Labute approximate surface area is 123 Å². The van der Waals surface area contributed by atoms with Crippen LogP contribution in [0.4, 0.5) is 0 Å². The van der Waals surface area contributed by atoms with Gasteiger partial charge in [0.25, 0.3) is 5.91 Å². The molecule has 0 aromatic heterocycles. The fourth-order valence-corrected chi connectivity index (χ4v) is 1.75. The zero-order chi connectivity index (χ0) is 16.0. The van der Waals surface area contributed by atoms with Gasteiger partial charge in [-0.1, -0.05) is 19.9 Å². The van der Waals surface area contributed by atoms with Crippen molar-refractivity contribution in [3.05, 3.63) is 35.4 Å². The molecular weight excluding hydrogens is 274 g/mol. The van der Waals surface area contributed by atoms with Gasteiger partial charge in [-0.15, -0.1) is 0 Å². The molecule has 6 nitrogen and oxygen atoms in total. The Kier molecular flexibility index (Phi) is 5.90. The Morgan fingerprint density at radius 1 is 1.05 bits per heavy atom. The quantitative estimate of drug-likeness (QED) is 0.830. The van der Waals surface area contributed by atoms with Gasteiger partial charge in [0, 0.05) is 5.56 Å². The van der Waals surface area contributed by atoms with E-state index in [9.17, 15) is 14.4 Å². The van der Waals surface area contributed by atoms with Crippen molar-refractivity contribution in [3.63, 3.8) is 0 Å². The van der Waals surface area contributed by atoms with Crippen molar-refractivity contribution in [3.8, 4) is 0 Å². The van der Waals surface area contributed by atoms with E-state index in [0.717, 1.165) is 0 Å². The van der Waals surface area contributed by atoms with Crippen LogP contribution in [0.15, 0.2) is 24.3 Å². The molecule has 0 fully saturated rings. The van der Waals surface area contributed by atoms with Crippen LogP contribution < -0.4 is 5.32 Å². The number of hydrogen-bond donors (Lipinski definition) is 1. The predicted molar refractivity (Wildman–Crippen MR) is 75.9 cm³/mol. The van der Waals surface area contributed by atoms with Crippen LogP contribution in [0.2, 0.25) is 0 Å². The van der Waals surface area contributed by atoms with Crippen LogP contribution in [0.1, 0.15) is 34.6 Å². The number of nitrogens with one attached hydrogen (secondary N) is 1. The molecule has 0 aliphatic carbocycles. The lowest BCUT2D eigenvalue weighted by atomic mass is 10.0. The number of amides is 1. The van der Waals surface area contributed by atoms with Crippen molar-refractivity contribution in [2.45, 2.75) is 19.9 Å². The highest BCUT2D eigenvalue weighted by atomic mass is 16.5. The SMILES string of the molecule is COC(=O)c1cccc(C(=O)N[C@@H](C(=O)OC)C(C)C)c1. The molecule has 1 rings (SSSR count). The molecule has 0 aliphatic heterocycles. The highest BCUT2D eigenvalue weighted by molar-refractivity contribution is 5.99. The average molecular weight is 293 g/mol. The lowest BCUT2D eigenvalue weighted by molar-refractivity contribution is -0.144. The Balaban J connectivity index is 2.93. The van der Waals surface area contributed by atoms with Gasteiger partial charge in [-0.3, -0.25) is 4.79 Å². The number of esters is 2. The molecule has 0 saturated heterocycles. The van der Waals surface area contributed by atoms with Crippen molar-refractivity contribution >= 4 is 17.8 Å². The first-order chi connectivity index (χ1) is 9.90. The van der Waals surface area contributed by atoms with Crippen molar-refractivity contribution in [1.29, 1.82) is 0 Å². The number of carbonyl (C=O) groups is 3. The summed E-state index contributed by atoms with van der Waals surface area (Å²) < 4.78 is 9.26. The topological polar surface area (TPSA) is 81.7 Å². The van der Waals surface area contributed by atoms with Gasteiger partial charge in [-0.25, -0.2) is 9.59 Å². The lowest BCUT2D eigenvalue weighted by Gasteiger charge is -2.19. The van der Waals surface area contributed by atoms with E-state index in [2.05, 4.69) is 14.8 Å². The van der Waals surface area contributed by atoms with Crippen LogP contribution in [0.5, 0.6) is 0 Å². The van der Waals surface area contributed by atoms with Crippen molar-refractivity contribution in [2.24, 2.45) is 5.92 Å². The molecule has 114 valence electrons. The summed E-state index contributed by atoms with van der Waals surface area (Å²) in [7, 11) is 2.53. The second-order valence-electron chi connectivity index (χ2n) is 4.79. The van der Waals surface area contributed by atoms with Gasteiger partial charge in [-0.2, -0.15) is 0 Å². The van der Waals surface area contributed by atoms with Crippen molar-refractivity contribution in [1.82, 2.24) is 5.32 Å². The van der Waals surface area contributed by atoms with Gasteiger partial charge in [0.05, 0.1) is 19.8 Å². The minimum Gasteiger partial charge on any atom is -0.467 e. The second-order valence-corrected chi connectivity index (χ2v) is 4.79. The van der Waals surface area contributed by atoms with E-state index in [4.69, 9.17) is 0 Å². The number of benzene rings is 1. The highest BCUT2D eigenvalue weighted by Crippen LogP contribution is 2.09. The van der Waals surface area contributed by atoms with E-state index in [1.54, 1.807) is 32.0 Å². The number of hydrogen-bond acceptors (Lipinski definition) is 5. The molecule has 1 N–H and O–H groups in total. The number of methoxy groups -OCH3 is 2. The molecule has 1 aromatic carbocycles. The largest absolute Gasteiger partial charge is 0.467 e. The third-order valence-corrected chi connectivity index (χ3v) is 2.95. The maximum absolute atomic E-state index is 12.2. The molecule has 0 unspecified atom stereocenters. The first kappa shape index (κ1) is 16.7. The molecule has 0 bridgehead atoms. The van der Waals surface area contributed by atoms with Crippen LogP contribution in [-0.2, 0) is 14.3 Å². The summed E-state index contributed by atoms with van der Waals surface area (Å²) in [6.45, 7) is 3.60. The first-order valence-electron chi connectivity index (χ1n) is 6.47. The van der Waals surface area contributed by atoms with E-state index in [-0.39, 0.29) is 17.0 Å². The van der Waals surface area contributed by atoms with Crippen molar-refractivity contribution < 1.29 is 23.9 Å². The van der Waals surface area contributed by atoms with Gasteiger partial charge in [0.1, 0.15) is 6.04 Å². The molecule has 6 heteroatoms. The normalized spacial score (nSPS) is 11.7. The Morgan fingerprint density at radius 3 is 2.19 bits per heavy atom. The van der Waals surface area contributed by atoms with E-state index in [1.807, 2.05) is 0 Å². The molecule has 0 radical (unpaired) electrons. The fraction of sp³-hybridized carbons (Fsp3) is 0.400. The second kappa shape index (κ2) is 7.42. The Hall–Kier alpha value is -2.37. The molecule has 1 aromatic rings. The van der Waals surface area contributed by atoms with E-state index in [1.165, 1.54) is 20.3 Å². The summed E-state index contributed by atoms with van der Waals surface area (Å²) in [5.41, 5.74) is 0.539. The number of ether oxygens (including phenoxy) is 2. The van der Waals surface area contributed by atoms with Crippen LogP contribution in [0.3, 0.4) is 0 Å². The molecule has 0 heterocycles. The zero-order valence-corrected chi connectivity index (χ0v) is 12.5. The molecule has 1 atom stereocenters. The number of rotatable bonds is 5. The Morgan fingerprint density at radius 2 is 1.67 bits per heavy atom. The summed E-state index contributed by atoms with van der Waals surface area (Å²) in [4.78, 5) is 35.2. The molecule has 0 saturated carbocycles. The Bertz CT molecular complexity index is 539.